The molecule has 0 bridgehead atoms. The molecule has 0 aliphatic rings. The number of aliphatic hydroxyl groups excluding tert-OH is 2. The van der Waals surface area contributed by atoms with Gasteiger partial charge in [-0.3, -0.25) is 4.79 Å². The number of unbranched alkanes of at least 4 members (excludes halogenated alkanes) is 5. The van der Waals surface area contributed by atoms with Crippen molar-refractivity contribution in [3.8, 4) is 0 Å². The quantitative estimate of drug-likeness (QED) is 0.206. The third kappa shape index (κ3) is 18.7. The summed E-state index contributed by atoms with van der Waals surface area (Å²) >= 11 is 0. The Labute approximate surface area is 158 Å². The summed E-state index contributed by atoms with van der Waals surface area (Å²) < 4.78 is 0. The molecule has 2 atom stereocenters. The van der Waals surface area contributed by atoms with Gasteiger partial charge in [-0.2, -0.15) is 0 Å². The summed E-state index contributed by atoms with van der Waals surface area (Å²) in [6.45, 7) is 2.15. The van der Waals surface area contributed by atoms with Crippen molar-refractivity contribution in [2.75, 3.05) is 0 Å². The van der Waals surface area contributed by atoms with Gasteiger partial charge >= 0.3 is 5.97 Å². The topological polar surface area (TPSA) is 77.8 Å². The predicted molar refractivity (Wildman–Crippen MR) is 108 cm³/mol. The van der Waals surface area contributed by atoms with E-state index in [1.807, 2.05) is 30.4 Å². The summed E-state index contributed by atoms with van der Waals surface area (Å²) in [6.07, 6.45) is 22.5. The Balaban J connectivity index is 3.73. The van der Waals surface area contributed by atoms with Crippen LogP contribution in [0.1, 0.15) is 71.1 Å². The van der Waals surface area contributed by atoms with Gasteiger partial charge in [0.2, 0.25) is 0 Å². The fraction of sp³-hybridized carbons (Fsp3) is 0.591. The lowest BCUT2D eigenvalue weighted by Crippen LogP contribution is -2.00. The van der Waals surface area contributed by atoms with Crippen molar-refractivity contribution in [1.29, 1.82) is 0 Å². The van der Waals surface area contributed by atoms with Crippen LogP contribution in [0.4, 0.5) is 0 Å². The SMILES string of the molecule is CCCCCC(O)/C=C/C=C/C=C\C(O)C/C=C/CCCCCC(=O)O. The maximum Gasteiger partial charge on any atom is 0.303 e. The van der Waals surface area contributed by atoms with Gasteiger partial charge in [0, 0.05) is 6.42 Å². The van der Waals surface area contributed by atoms with Crippen LogP contribution in [0, 0.1) is 0 Å². The number of allylic oxidation sites excluding steroid dienone is 5. The van der Waals surface area contributed by atoms with Gasteiger partial charge in [0.05, 0.1) is 12.2 Å². The summed E-state index contributed by atoms with van der Waals surface area (Å²) in [4.78, 5) is 10.4. The molecule has 4 heteroatoms. The van der Waals surface area contributed by atoms with Crippen LogP contribution in [0.3, 0.4) is 0 Å². The van der Waals surface area contributed by atoms with Crippen LogP contribution in [0.25, 0.3) is 0 Å². The fourth-order valence-electron chi connectivity index (χ4n) is 2.36. The second-order valence-electron chi connectivity index (χ2n) is 6.49. The molecule has 0 saturated carbocycles. The highest BCUT2D eigenvalue weighted by molar-refractivity contribution is 5.66. The number of aliphatic hydroxyl groups is 2. The third-order valence-corrected chi connectivity index (χ3v) is 3.91. The first-order valence-corrected chi connectivity index (χ1v) is 9.80. The number of rotatable bonds is 16. The van der Waals surface area contributed by atoms with Crippen LogP contribution in [-0.2, 0) is 4.79 Å². The van der Waals surface area contributed by atoms with Crippen LogP contribution in [0.2, 0.25) is 0 Å². The average molecular weight is 365 g/mol. The fourth-order valence-corrected chi connectivity index (χ4v) is 2.36. The Bertz CT molecular complexity index is 449. The van der Waals surface area contributed by atoms with E-state index in [1.165, 1.54) is 0 Å². The Morgan fingerprint density at radius 3 is 2.19 bits per heavy atom. The highest BCUT2D eigenvalue weighted by atomic mass is 16.4. The molecule has 3 N–H and O–H groups in total. The summed E-state index contributed by atoms with van der Waals surface area (Å²) in [5.41, 5.74) is 0. The molecule has 2 unspecified atom stereocenters. The van der Waals surface area contributed by atoms with Gasteiger partial charge in [0.1, 0.15) is 0 Å². The molecule has 0 aromatic rings. The first-order valence-electron chi connectivity index (χ1n) is 9.80. The molecule has 0 aromatic carbocycles. The zero-order chi connectivity index (χ0) is 19.5. The van der Waals surface area contributed by atoms with E-state index in [0.717, 1.165) is 51.4 Å². The molecule has 0 fully saturated rings. The minimum Gasteiger partial charge on any atom is -0.481 e. The van der Waals surface area contributed by atoms with Crippen molar-refractivity contribution in [3.05, 3.63) is 48.6 Å². The number of carboxylic acids is 1. The summed E-state index contributed by atoms with van der Waals surface area (Å²) in [5.74, 6) is -0.733. The lowest BCUT2D eigenvalue weighted by Gasteiger charge is -2.02. The van der Waals surface area contributed by atoms with Crippen LogP contribution >= 0.6 is 0 Å². The third-order valence-electron chi connectivity index (χ3n) is 3.91. The van der Waals surface area contributed by atoms with E-state index < -0.39 is 12.1 Å². The number of aliphatic carboxylic acids is 1. The van der Waals surface area contributed by atoms with Crippen molar-refractivity contribution < 1.29 is 20.1 Å². The first kappa shape index (κ1) is 24.4. The standard InChI is InChI=1S/C22H36O4/c1-2-3-10-15-20(23)17-12-8-9-13-18-21(24)16-11-6-4-5-7-14-19-22(25)26/h6,8-9,11-13,17-18,20-21,23-24H,2-5,7,10,14-16,19H2,1H3,(H,25,26)/b9-8+,11-6+,17-12+,18-13-. The number of carbonyl (C=O) groups is 1. The van der Waals surface area contributed by atoms with Gasteiger partial charge in [-0.25, -0.2) is 0 Å². The van der Waals surface area contributed by atoms with E-state index in [-0.39, 0.29) is 12.5 Å². The maximum absolute atomic E-state index is 10.4. The summed E-state index contributed by atoms with van der Waals surface area (Å²) in [7, 11) is 0. The zero-order valence-electron chi connectivity index (χ0n) is 16.1. The first-order chi connectivity index (χ1) is 12.6. The van der Waals surface area contributed by atoms with E-state index in [2.05, 4.69) is 6.92 Å². The second-order valence-corrected chi connectivity index (χ2v) is 6.49. The summed E-state index contributed by atoms with van der Waals surface area (Å²) in [5, 5.41) is 28.1. The molecule has 0 aromatic heterocycles. The van der Waals surface area contributed by atoms with Crippen LogP contribution in [0.15, 0.2) is 48.6 Å². The molecule has 26 heavy (non-hydrogen) atoms. The van der Waals surface area contributed by atoms with Crippen LogP contribution in [0.5, 0.6) is 0 Å². The molecule has 0 spiro atoms. The van der Waals surface area contributed by atoms with Gasteiger partial charge in [-0.15, -0.1) is 0 Å². The van der Waals surface area contributed by atoms with Crippen molar-refractivity contribution in [2.24, 2.45) is 0 Å². The van der Waals surface area contributed by atoms with Gasteiger partial charge in [0.15, 0.2) is 0 Å². The largest absolute Gasteiger partial charge is 0.481 e. The minimum atomic E-state index is -0.733. The van der Waals surface area contributed by atoms with Crippen LogP contribution in [-0.4, -0.2) is 33.5 Å². The van der Waals surface area contributed by atoms with E-state index in [0.29, 0.717) is 6.42 Å². The van der Waals surface area contributed by atoms with E-state index in [1.54, 1.807) is 18.2 Å². The molecule has 148 valence electrons. The Kier molecular flexibility index (Phi) is 17.0. The Hall–Kier alpha value is -1.65. The zero-order valence-corrected chi connectivity index (χ0v) is 16.1. The van der Waals surface area contributed by atoms with Crippen molar-refractivity contribution in [1.82, 2.24) is 0 Å². The maximum atomic E-state index is 10.4. The molecular formula is C22H36O4. The molecule has 0 radical (unpaired) electrons. The number of hydrogen-bond donors (Lipinski definition) is 3. The molecule has 0 amide bonds. The van der Waals surface area contributed by atoms with Crippen molar-refractivity contribution >= 4 is 5.97 Å². The predicted octanol–water partition coefficient (Wildman–Crippen LogP) is 4.94. The lowest BCUT2D eigenvalue weighted by atomic mass is 10.1. The number of hydrogen-bond acceptors (Lipinski definition) is 3. The smallest absolute Gasteiger partial charge is 0.303 e. The highest BCUT2D eigenvalue weighted by Gasteiger charge is 1.97. The highest BCUT2D eigenvalue weighted by Crippen LogP contribution is 2.05. The summed E-state index contributed by atoms with van der Waals surface area (Å²) in [6, 6.07) is 0. The van der Waals surface area contributed by atoms with Gasteiger partial charge in [-0.05, 0) is 32.1 Å². The molecule has 0 saturated heterocycles. The molecule has 0 rings (SSSR count). The molecular weight excluding hydrogens is 328 g/mol. The van der Waals surface area contributed by atoms with Crippen molar-refractivity contribution in [3.63, 3.8) is 0 Å². The lowest BCUT2D eigenvalue weighted by molar-refractivity contribution is -0.137. The monoisotopic (exact) mass is 364 g/mol. The molecule has 0 heterocycles. The second kappa shape index (κ2) is 18.2. The molecule has 0 aliphatic heterocycles. The Morgan fingerprint density at radius 2 is 1.54 bits per heavy atom. The normalized spacial score (nSPS) is 14.9. The number of carboxylic acid groups (broad SMARTS) is 1. The average Bonchev–Trinajstić information content (AvgIpc) is 2.60. The van der Waals surface area contributed by atoms with E-state index in [4.69, 9.17) is 5.11 Å². The molecule has 0 aliphatic carbocycles. The van der Waals surface area contributed by atoms with E-state index >= 15 is 0 Å². The Morgan fingerprint density at radius 1 is 0.846 bits per heavy atom. The van der Waals surface area contributed by atoms with Gasteiger partial charge in [-0.1, -0.05) is 81.2 Å². The minimum absolute atomic E-state index is 0.244. The van der Waals surface area contributed by atoms with Gasteiger partial charge < -0.3 is 15.3 Å². The van der Waals surface area contributed by atoms with Gasteiger partial charge in [0.25, 0.3) is 0 Å². The molecule has 4 nitrogen and oxygen atoms in total. The van der Waals surface area contributed by atoms with Crippen molar-refractivity contribution in [2.45, 2.75) is 83.3 Å². The van der Waals surface area contributed by atoms with Crippen LogP contribution < -0.4 is 0 Å². The van der Waals surface area contributed by atoms with E-state index in [9.17, 15) is 15.0 Å².